The summed E-state index contributed by atoms with van der Waals surface area (Å²) in [7, 11) is 0. The van der Waals surface area contributed by atoms with Gasteiger partial charge in [0.05, 0.1) is 0 Å². The molecule has 1 aromatic carbocycles. The van der Waals surface area contributed by atoms with Crippen LogP contribution in [0.1, 0.15) is 12.5 Å². The Morgan fingerprint density at radius 1 is 1.12 bits per heavy atom. The molecule has 0 spiro atoms. The smallest absolute Gasteiger partial charge is 0.0184 e. The highest BCUT2D eigenvalue weighted by atomic mass is 14.0. The van der Waals surface area contributed by atoms with E-state index in [1.165, 1.54) is 0 Å². The number of allylic oxidation sites excluding steroid dienone is 7. The summed E-state index contributed by atoms with van der Waals surface area (Å²) >= 11 is 0. The van der Waals surface area contributed by atoms with Gasteiger partial charge < -0.3 is 0 Å². The maximum absolute atomic E-state index is 4.05. The van der Waals surface area contributed by atoms with Crippen molar-refractivity contribution >= 4 is 5.57 Å². The van der Waals surface area contributed by atoms with Crippen LogP contribution >= 0.6 is 0 Å². The predicted molar refractivity (Wildman–Crippen MR) is 77.7 cm³/mol. The van der Waals surface area contributed by atoms with E-state index in [-0.39, 0.29) is 0 Å². The van der Waals surface area contributed by atoms with Crippen LogP contribution in [0.2, 0.25) is 0 Å². The highest BCUT2D eigenvalue weighted by Gasteiger charge is 1.98. The Labute approximate surface area is 104 Å². The summed E-state index contributed by atoms with van der Waals surface area (Å²) in [4.78, 5) is 0. The Kier molecular flexibility index (Phi) is 4.96. The molecule has 1 rings (SSSR count). The van der Waals surface area contributed by atoms with Gasteiger partial charge in [-0.3, -0.25) is 0 Å². The van der Waals surface area contributed by atoms with Gasteiger partial charge in [0, 0.05) is 0 Å². The number of hydrogen-bond donors (Lipinski definition) is 0. The third kappa shape index (κ3) is 3.76. The molecular formula is C17H18. The normalized spacial score (nSPS) is 12.1. The van der Waals surface area contributed by atoms with Crippen molar-refractivity contribution in [1.82, 2.24) is 0 Å². The summed E-state index contributed by atoms with van der Waals surface area (Å²) < 4.78 is 0. The second kappa shape index (κ2) is 6.49. The van der Waals surface area contributed by atoms with Gasteiger partial charge in [0.2, 0.25) is 0 Å². The van der Waals surface area contributed by atoms with E-state index in [1.54, 1.807) is 6.08 Å². The summed E-state index contributed by atoms with van der Waals surface area (Å²) in [5, 5.41) is 0. The van der Waals surface area contributed by atoms with Gasteiger partial charge in [0.25, 0.3) is 0 Å². The van der Waals surface area contributed by atoms with E-state index in [9.17, 15) is 0 Å². The monoisotopic (exact) mass is 222 g/mol. The second-order valence-electron chi connectivity index (χ2n) is 3.78. The first-order valence-corrected chi connectivity index (χ1v) is 5.57. The van der Waals surface area contributed by atoms with E-state index >= 15 is 0 Å². The quantitative estimate of drug-likeness (QED) is 0.619. The molecule has 0 radical (unpaired) electrons. The van der Waals surface area contributed by atoms with Gasteiger partial charge in [0.1, 0.15) is 0 Å². The van der Waals surface area contributed by atoms with Crippen molar-refractivity contribution in [2.24, 2.45) is 0 Å². The molecule has 0 atom stereocenters. The third-order valence-corrected chi connectivity index (χ3v) is 2.53. The summed E-state index contributed by atoms with van der Waals surface area (Å²) in [5.74, 6) is 0. The van der Waals surface area contributed by atoms with E-state index in [4.69, 9.17) is 0 Å². The highest BCUT2D eigenvalue weighted by molar-refractivity contribution is 5.76. The summed E-state index contributed by atoms with van der Waals surface area (Å²) in [6.45, 7) is 13.6. The Hall–Kier alpha value is -2.08. The van der Waals surface area contributed by atoms with Gasteiger partial charge in [0.15, 0.2) is 0 Å². The lowest BCUT2D eigenvalue weighted by Gasteiger charge is -2.05. The molecule has 0 saturated carbocycles. The average molecular weight is 222 g/mol. The minimum atomic E-state index is 0.976. The molecule has 0 bridgehead atoms. The fourth-order valence-electron chi connectivity index (χ4n) is 1.48. The van der Waals surface area contributed by atoms with Crippen LogP contribution in [0.15, 0.2) is 85.5 Å². The molecule has 0 heteroatoms. The van der Waals surface area contributed by atoms with Gasteiger partial charge in [-0.05, 0) is 35.3 Å². The van der Waals surface area contributed by atoms with Crippen molar-refractivity contribution in [3.63, 3.8) is 0 Å². The van der Waals surface area contributed by atoms with E-state index in [0.717, 1.165) is 22.3 Å². The summed E-state index contributed by atoms with van der Waals surface area (Å²) in [6, 6.07) is 10.2. The molecule has 17 heavy (non-hydrogen) atoms. The van der Waals surface area contributed by atoms with Crippen molar-refractivity contribution in [3.8, 4) is 0 Å². The van der Waals surface area contributed by atoms with Gasteiger partial charge in [-0.15, -0.1) is 0 Å². The Morgan fingerprint density at radius 3 is 2.29 bits per heavy atom. The minimum Gasteiger partial charge on any atom is -0.0991 e. The average Bonchev–Trinajstić information content (AvgIpc) is 2.37. The first kappa shape index (κ1) is 13.0. The van der Waals surface area contributed by atoms with Crippen molar-refractivity contribution in [3.05, 3.63) is 91.1 Å². The molecule has 0 saturated heterocycles. The van der Waals surface area contributed by atoms with Crippen molar-refractivity contribution in [1.29, 1.82) is 0 Å². The molecule has 0 aliphatic rings. The van der Waals surface area contributed by atoms with E-state index in [2.05, 4.69) is 31.9 Å². The number of benzene rings is 1. The van der Waals surface area contributed by atoms with Crippen molar-refractivity contribution < 1.29 is 0 Å². The Bertz CT molecular complexity index is 470. The fraction of sp³-hybridized carbons (Fsp3) is 0.0588. The lowest BCUT2D eigenvalue weighted by atomic mass is 10.0. The molecule has 0 amide bonds. The third-order valence-electron chi connectivity index (χ3n) is 2.53. The van der Waals surface area contributed by atoms with Gasteiger partial charge in [-0.25, -0.2) is 0 Å². The van der Waals surface area contributed by atoms with Crippen molar-refractivity contribution in [2.45, 2.75) is 6.92 Å². The van der Waals surface area contributed by atoms with Gasteiger partial charge in [-0.2, -0.15) is 0 Å². The zero-order valence-corrected chi connectivity index (χ0v) is 10.3. The molecule has 0 fully saturated rings. The fourth-order valence-corrected chi connectivity index (χ4v) is 1.48. The zero-order chi connectivity index (χ0) is 12.7. The van der Waals surface area contributed by atoms with E-state index < -0.39 is 0 Å². The minimum absolute atomic E-state index is 0.976. The topological polar surface area (TPSA) is 0 Å². The molecule has 0 nitrogen and oxygen atoms in total. The second-order valence-corrected chi connectivity index (χ2v) is 3.78. The first-order chi connectivity index (χ1) is 8.19. The largest absolute Gasteiger partial charge is 0.0991 e. The lowest BCUT2D eigenvalue weighted by molar-refractivity contribution is 1.44. The molecule has 0 heterocycles. The molecule has 0 aliphatic carbocycles. The van der Waals surface area contributed by atoms with Gasteiger partial charge >= 0.3 is 0 Å². The number of rotatable bonds is 5. The molecule has 0 N–H and O–H groups in total. The maximum Gasteiger partial charge on any atom is -0.0184 e. The molecule has 1 aromatic rings. The van der Waals surface area contributed by atoms with Crippen molar-refractivity contribution in [2.75, 3.05) is 0 Å². The Balaban J connectivity index is 3.04. The van der Waals surface area contributed by atoms with Gasteiger partial charge in [-0.1, -0.05) is 68.3 Å². The van der Waals surface area contributed by atoms with E-state index in [1.807, 2.05) is 43.4 Å². The highest BCUT2D eigenvalue weighted by Crippen LogP contribution is 2.19. The van der Waals surface area contributed by atoms with Crippen LogP contribution in [0, 0.1) is 0 Å². The van der Waals surface area contributed by atoms with Crippen LogP contribution in [0.4, 0.5) is 0 Å². The Morgan fingerprint density at radius 2 is 1.76 bits per heavy atom. The first-order valence-electron chi connectivity index (χ1n) is 5.57. The standard InChI is InChI=1S/C17H18/c1-5-10-14(3)15(4)13-16(6-2)17-11-8-7-9-12-17/h5-13H,1-2,4H2,3H3/b14-10+,16-13+. The molecule has 0 unspecified atom stereocenters. The molecular weight excluding hydrogens is 204 g/mol. The maximum atomic E-state index is 4.05. The van der Waals surface area contributed by atoms with Crippen LogP contribution < -0.4 is 0 Å². The lowest BCUT2D eigenvalue weighted by Crippen LogP contribution is -1.84. The summed E-state index contributed by atoms with van der Waals surface area (Å²) in [6.07, 6.45) is 7.61. The van der Waals surface area contributed by atoms with Crippen LogP contribution in [0.5, 0.6) is 0 Å². The molecule has 0 aliphatic heterocycles. The number of hydrogen-bond acceptors (Lipinski definition) is 0. The zero-order valence-electron chi connectivity index (χ0n) is 10.3. The van der Waals surface area contributed by atoms with E-state index in [0.29, 0.717) is 0 Å². The van der Waals surface area contributed by atoms with Crippen LogP contribution in [-0.2, 0) is 0 Å². The predicted octanol–water partition coefficient (Wildman–Crippen LogP) is 4.94. The summed E-state index contributed by atoms with van der Waals surface area (Å²) in [5.41, 5.74) is 4.31. The molecule has 0 aromatic heterocycles. The molecule has 86 valence electrons. The SMILES string of the molecule is C=C/C=C(\C)C(=C)/C=C(\C=C)c1ccccc1. The van der Waals surface area contributed by atoms with Crippen LogP contribution in [0.25, 0.3) is 5.57 Å². The van der Waals surface area contributed by atoms with Crippen LogP contribution in [0.3, 0.4) is 0 Å². The van der Waals surface area contributed by atoms with Crippen LogP contribution in [-0.4, -0.2) is 0 Å².